The van der Waals surface area contributed by atoms with Gasteiger partial charge in [0.25, 0.3) is 0 Å². The predicted octanol–water partition coefficient (Wildman–Crippen LogP) is 10.9. The van der Waals surface area contributed by atoms with Crippen LogP contribution >= 0.6 is 11.6 Å². The van der Waals surface area contributed by atoms with Gasteiger partial charge in [0.15, 0.2) is 5.60 Å². The van der Waals surface area contributed by atoms with E-state index in [0.717, 1.165) is 53.5 Å². The Labute approximate surface area is 346 Å². The first kappa shape index (κ1) is 39.4. The first-order valence-corrected chi connectivity index (χ1v) is 21.3. The highest BCUT2D eigenvalue weighted by molar-refractivity contribution is 6.31. The van der Waals surface area contributed by atoms with Crippen molar-refractivity contribution in [2.45, 2.75) is 87.7 Å². The predicted molar refractivity (Wildman–Crippen MR) is 228 cm³/mol. The van der Waals surface area contributed by atoms with Crippen molar-refractivity contribution in [2.75, 3.05) is 19.7 Å². The number of fused-ring (bicyclic) bond motifs is 3. The molecule has 5 aromatic rings. The lowest BCUT2D eigenvalue weighted by atomic mass is 9.78. The fourth-order valence-electron chi connectivity index (χ4n) is 9.37. The van der Waals surface area contributed by atoms with Crippen molar-refractivity contribution in [3.05, 3.63) is 166 Å². The molecule has 1 saturated heterocycles. The molecule has 8 heteroatoms. The van der Waals surface area contributed by atoms with Gasteiger partial charge in [0.05, 0.1) is 6.42 Å². The van der Waals surface area contributed by atoms with Crippen LogP contribution in [0.2, 0.25) is 5.02 Å². The summed E-state index contributed by atoms with van der Waals surface area (Å²) >= 11 is 7.02. The number of carbonyl (C=O) groups is 3. The van der Waals surface area contributed by atoms with Crippen molar-refractivity contribution >= 4 is 29.6 Å². The normalized spacial score (nSPS) is 17.2. The van der Waals surface area contributed by atoms with Gasteiger partial charge in [-0.05, 0) is 65.5 Å². The van der Waals surface area contributed by atoms with Gasteiger partial charge in [-0.2, -0.15) is 0 Å². The fraction of sp³-hybridized carbons (Fsp3) is 0.340. The molecule has 1 N–H and O–H groups in total. The fourth-order valence-corrected chi connectivity index (χ4v) is 9.64. The second-order valence-electron chi connectivity index (χ2n) is 15.9. The van der Waals surface area contributed by atoms with Gasteiger partial charge in [0, 0.05) is 40.7 Å². The van der Waals surface area contributed by atoms with Crippen LogP contribution in [0.1, 0.15) is 109 Å². The lowest BCUT2D eigenvalue weighted by Gasteiger charge is -2.36. The molecule has 1 heterocycles. The zero-order valence-electron chi connectivity index (χ0n) is 32.9. The number of carbonyl (C=O) groups excluding carboxylic acids is 3. The minimum atomic E-state index is -1.46. The minimum absolute atomic E-state index is 0.0788. The monoisotopic (exact) mass is 794 g/mol. The van der Waals surface area contributed by atoms with Crippen molar-refractivity contribution in [1.82, 2.24) is 10.2 Å². The van der Waals surface area contributed by atoms with Crippen LogP contribution in [0, 0.1) is 0 Å². The maximum absolute atomic E-state index is 14.6. The zero-order chi connectivity index (χ0) is 39.9. The Morgan fingerprint density at radius 3 is 1.90 bits per heavy atom. The highest BCUT2D eigenvalue weighted by Gasteiger charge is 2.43. The SMILES string of the molecule is O=C(C[C@H](NC(=O)OCC1c2ccccc2-c2ccccc21)C(=O)N1CCCC1)OC(c1ccccc1)(c1ccc(C2CCCCCCC2)cc1)c1ccccc1Cl. The van der Waals surface area contributed by atoms with Crippen molar-refractivity contribution < 1.29 is 23.9 Å². The van der Waals surface area contributed by atoms with Crippen LogP contribution in [0.25, 0.3) is 11.1 Å². The molecule has 2 amide bonds. The molecule has 5 aromatic carbocycles. The molecule has 0 bridgehead atoms. The van der Waals surface area contributed by atoms with E-state index < -0.39 is 30.1 Å². The van der Waals surface area contributed by atoms with E-state index in [1.807, 2.05) is 72.8 Å². The van der Waals surface area contributed by atoms with Gasteiger partial charge in [0.2, 0.25) is 5.91 Å². The van der Waals surface area contributed by atoms with Crippen molar-refractivity contribution in [3.8, 4) is 11.1 Å². The second kappa shape index (κ2) is 18.0. The van der Waals surface area contributed by atoms with E-state index in [2.05, 4.69) is 53.8 Å². The summed E-state index contributed by atoms with van der Waals surface area (Å²) in [7, 11) is 0. The lowest BCUT2D eigenvalue weighted by Crippen LogP contribution is -2.49. The van der Waals surface area contributed by atoms with E-state index in [0.29, 0.717) is 35.2 Å². The molecule has 2 atom stereocenters. The minimum Gasteiger partial charge on any atom is -0.449 e. The number of amides is 2. The summed E-state index contributed by atoms with van der Waals surface area (Å²) in [5, 5.41) is 3.22. The van der Waals surface area contributed by atoms with Gasteiger partial charge in [-0.1, -0.05) is 165 Å². The third-order valence-electron chi connectivity index (χ3n) is 12.3. The largest absolute Gasteiger partial charge is 0.449 e. The van der Waals surface area contributed by atoms with Crippen LogP contribution < -0.4 is 5.32 Å². The summed E-state index contributed by atoms with van der Waals surface area (Å²) in [5.41, 5.74) is 6.27. The molecular formula is C50H51ClN2O5. The molecule has 1 unspecified atom stereocenters. The highest BCUT2D eigenvalue weighted by Crippen LogP contribution is 2.46. The van der Waals surface area contributed by atoms with Gasteiger partial charge < -0.3 is 19.7 Å². The van der Waals surface area contributed by atoms with E-state index in [9.17, 15) is 14.4 Å². The van der Waals surface area contributed by atoms with Gasteiger partial charge in [-0.25, -0.2) is 4.79 Å². The van der Waals surface area contributed by atoms with E-state index in [1.54, 1.807) is 11.0 Å². The van der Waals surface area contributed by atoms with Crippen LogP contribution in [-0.2, 0) is 24.7 Å². The molecule has 0 spiro atoms. The maximum atomic E-state index is 14.6. The zero-order valence-corrected chi connectivity index (χ0v) is 33.7. The molecule has 0 radical (unpaired) electrons. The third kappa shape index (κ3) is 8.28. The van der Waals surface area contributed by atoms with Crippen LogP contribution in [0.5, 0.6) is 0 Å². The molecule has 1 aliphatic heterocycles. The number of nitrogens with one attached hydrogen (secondary N) is 1. The summed E-state index contributed by atoms with van der Waals surface area (Å²) in [6, 6.07) is 40.5. The van der Waals surface area contributed by atoms with E-state index in [4.69, 9.17) is 21.1 Å². The summed E-state index contributed by atoms with van der Waals surface area (Å²) in [6.45, 7) is 1.19. The Morgan fingerprint density at radius 2 is 1.24 bits per heavy atom. The number of hydrogen-bond donors (Lipinski definition) is 1. The topological polar surface area (TPSA) is 84.9 Å². The first-order chi connectivity index (χ1) is 28.4. The van der Waals surface area contributed by atoms with E-state index >= 15 is 0 Å². The maximum Gasteiger partial charge on any atom is 0.407 e. The van der Waals surface area contributed by atoms with Crippen LogP contribution in [0.3, 0.4) is 0 Å². The quantitative estimate of drug-likeness (QED) is 0.106. The summed E-state index contributed by atoms with van der Waals surface area (Å²) in [5.74, 6) is -0.681. The average molecular weight is 795 g/mol. The Hall–Kier alpha value is -5.40. The summed E-state index contributed by atoms with van der Waals surface area (Å²) < 4.78 is 12.6. The molecule has 0 aromatic heterocycles. The molecule has 3 aliphatic rings. The van der Waals surface area contributed by atoms with Crippen molar-refractivity contribution in [1.29, 1.82) is 0 Å². The Bertz CT molecular complexity index is 2170. The van der Waals surface area contributed by atoms with Crippen LogP contribution in [0.4, 0.5) is 4.79 Å². The number of likely N-dealkylation sites (tertiary alicyclic amines) is 1. The van der Waals surface area contributed by atoms with Gasteiger partial charge >= 0.3 is 12.1 Å². The number of nitrogens with zero attached hydrogens (tertiary/aromatic N) is 1. The van der Waals surface area contributed by atoms with Gasteiger partial charge in [-0.15, -0.1) is 0 Å². The Morgan fingerprint density at radius 1 is 0.672 bits per heavy atom. The second-order valence-corrected chi connectivity index (χ2v) is 16.3. The van der Waals surface area contributed by atoms with Crippen molar-refractivity contribution in [3.63, 3.8) is 0 Å². The standard InChI is InChI=1S/C50H51ClN2O5/c51-45-26-14-13-25-44(45)50(37-19-7-4-8-20-37,38-29-27-36(28-30-38)35-17-5-2-1-3-6-18-35)58-47(54)33-46(48(55)53-31-15-16-32-53)52-49(56)57-34-43-41-23-11-9-21-39(41)40-22-10-12-24-42(40)43/h4,7-14,19-30,35,43,46H,1-3,5-6,15-18,31-34H2,(H,52,56)/t46-,50?/m0/s1. The molecule has 2 fully saturated rings. The van der Waals surface area contributed by atoms with E-state index in [1.165, 1.54) is 37.7 Å². The first-order valence-electron chi connectivity index (χ1n) is 21.0. The molecule has 298 valence electrons. The number of hydrogen-bond acceptors (Lipinski definition) is 5. The van der Waals surface area contributed by atoms with E-state index in [-0.39, 0.29) is 18.4 Å². The smallest absolute Gasteiger partial charge is 0.407 e. The number of alkyl carbamates (subject to hydrolysis) is 1. The number of rotatable bonds is 11. The van der Waals surface area contributed by atoms with Crippen LogP contribution in [-0.4, -0.2) is 48.6 Å². The summed E-state index contributed by atoms with van der Waals surface area (Å²) in [6.07, 6.45) is 9.14. The van der Waals surface area contributed by atoms with Gasteiger partial charge in [-0.3, -0.25) is 9.59 Å². The lowest BCUT2D eigenvalue weighted by molar-refractivity contribution is -0.156. The Balaban J connectivity index is 1.08. The van der Waals surface area contributed by atoms with Crippen molar-refractivity contribution in [2.24, 2.45) is 0 Å². The average Bonchev–Trinajstić information content (AvgIpc) is 3.90. The summed E-state index contributed by atoms with van der Waals surface area (Å²) in [4.78, 5) is 44.1. The molecular weight excluding hydrogens is 744 g/mol. The molecule has 58 heavy (non-hydrogen) atoms. The number of ether oxygens (including phenoxy) is 2. The Kier molecular flexibility index (Phi) is 12.3. The van der Waals surface area contributed by atoms with Crippen LogP contribution in [0.15, 0.2) is 127 Å². The number of halogens is 1. The third-order valence-corrected chi connectivity index (χ3v) is 12.6. The van der Waals surface area contributed by atoms with Gasteiger partial charge in [0.1, 0.15) is 12.6 Å². The molecule has 1 saturated carbocycles. The molecule has 2 aliphatic carbocycles. The highest BCUT2D eigenvalue weighted by atomic mass is 35.5. The molecule has 8 rings (SSSR count). The number of benzene rings is 5. The number of esters is 1. The molecule has 7 nitrogen and oxygen atoms in total.